The molecule has 3 amide bonds. The Bertz CT molecular complexity index is 455. The Morgan fingerprint density at radius 1 is 1.28 bits per heavy atom. The summed E-state index contributed by atoms with van der Waals surface area (Å²) in [6.45, 7) is 4.21. The number of nitrogens with zero attached hydrogens (tertiary/aromatic N) is 2. The number of imide groups is 1. The van der Waals surface area contributed by atoms with Crippen LogP contribution in [0.4, 0.5) is 4.79 Å². The van der Waals surface area contributed by atoms with Crippen LogP contribution < -0.4 is 5.32 Å². The predicted molar refractivity (Wildman–Crippen MR) is 66.6 cm³/mol. The highest BCUT2D eigenvalue weighted by atomic mass is 16.2. The monoisotopic (exact) mass is 247 g/mol. The molecular weight excluding hydrogens is 230 g/mol. The Morgan fingerprint density at radius 2 is 2.00 bits per heavy atom. The summed E-state index contributed by atoms with van der Waals surface area (Å²) >= 11 is 0. The highest BCUT2D eigenvalue weighted by Gasteiger charge is 2.50. The second-order valence-corrected chi connectivity index (χ2v) is 4.41. The van der Waals surface area contributed by atoms with E-state index in [1.54, 1.807) is 11.1 Å². The van der Waals surface area contributed by atoms with E-state index >= 15 is 0 Å². The molecule has 1 fully saturated rings. The highest BCUT2D eigenvalue weighted by Crippen LogP contribution is 2.30. The fourth-order valence-electron chi connectivity index (χ4n) is 2.43. The maximum atomic E-state index is 12.0. The Labute approximate surface area is 106 Å². The molecule has 0 unspecified atom stereocenters. The van der Waals surface area contributed by atoms with Gasteiger partial charge in [0.25, 0.3) is 5.91 Å². The fourth-order valence-corrected chi connectivity index (χ4v) is 2.43. The molecule has 0 radical (unpaired) electrons. The quantitative estimate of drug-likeness (QED) is 0.823. The van der Waals surface area contributed by atoms with Crippen molar-refractivity contribution < 1.29 is 9.59 Å². The smallest absolute Gasteiger partial charge is 0.304 e. The molecule has 1 aromatic heterocycles. The Morgan fingerprint density at radius 3 is 2.56 bits per heavy atom. The second-order valence-electron chi connectivity index (χ2n) is 4.41. The van der Waals surface area contributed by atoms with Crippen molar-refractivity contribution in [3.63, 3.8) is 0 Å². The maximum absolute atomic E-state index is 12.0. The van der Waals surface area contributed by atoms with Crippen LogP contribution in [0.25, 0.3) is 0 Å². The van der Waals surface area contributed by atoms with Crippen molar-refractivity contribution >= 4 is 11.9 Å². The molecule has 5 heteroatoms. The summed E-state index contributed by atoms with van der Waals surface area (Å²) in [4.78, 5) is 29.7. The van der Waals surface area contributed by atoms with Gasteiger partial charge in [0.05, 0.1) is 12.2 Å². The van der Waals surface area contributed by atoms with Crippen molar-refractivity contribution in [2.45, 2.75) is 38.8 Å². The van der Waals surface area contributed by atoms with Crippen LogP contribution in [-0.2, 0) is 11.3 Å². The van der Waals surface area contributed by atoms with E-state index in [9.17, 15) is 9.59 Å². The molecule has 0 bridgehead atoms. The van der Waals surface area contributed by atoms with Gasteiger partial charge in [-0.2, -0.15) is 0 Å². The fraction of sp³-hybridized carbons (Fsp3) is 0.462. The Balaban J connectivity index is 2.29. The normalized spacial score (nSPS) is 18.0. The number of carbonyl (C=O) groups is 2. The number of hydrogen-bond acceptors (Lipinski definition) is 3. The van der Waals surface area contributed by atoms with E-state index in [0.717, 1.165) is 5.69 Å². The number of aromatic nitrogens is 1. The lowest BCUT2D eigenvalue weighted by Gasteiger charge is -2.33. The van der Waals surface area contributed by atoms with Crippen LogP contribution in [0.3, 0.4) is 0 Å². The number of nitrogens with one attached hydrogen (secondary N) is 1. The lowest BCUT2D eigenvalue weighted by atomic mass is 9.91. The third kappa shape index (κ3) is 1.85. The molecule has 96 valence electrons. The van der Waals surface area contributed by atoms with Gasteiger partial charge in [-0.1, -0.05) is 19.9 Å². The van der Waals surface area contributed by atoms with Crippen molar-refractivity contribution in [3.8, 4) is 0 Å². The minimum absolute atomic E-state index is 0.201. The molecular formula is C13H17N3O2. The largest absolute Gasteiger partial charge is 0.325 e. The zero-order valence-electron chi connectivity index (χ0n) is 10.6. The highest BCUT2D eigenvalue weighted by molar-refractivity contribution is 6.06. The lowest BCUT2D eigenvalue weighted by Crippen LogP contribution is -2.48. The topological polar surface area (TPSA) is 62.3 Å². The van der Waals surface area contributed by atoms with Gasteiger partial charge in [-0.05, 0) is 25.0 Å². The van der Waals surface area contributed by atoms with E-state index in [1.807, 2.05) is 32.0 Å². The summed E-state index contributed by atoms with van der Waals surface area (Å²) in [5.74, 6) is -0.201. The van der Waals surface area contributed by atoms with Crippen molar-refractivity contribution in [1.29, 1.82) is 0 Å². The van der Waals surface area contributed by atoms with Crippen LogP contribution in [0.15, 0.2) is 24.4 Å². The minimum atomic E-state index is -0.728. The molecule has 1 N–H and O–H groups in total. The van der Waals surface area contributed by atoms with Gasteiger partial charge in [0.15, 0.2) is 0 Å². The van der Waals surface area contributed by atoms with Crippen LogP contribution >= 0.6 is 0 Å². The first-order valence-corrected chi connectivity index (χ1v) is 6.17. The van der Waals surface area contributed by atoms with Gasteiger partial charge >= 0.3 is 6.03 Å². The van der Waals surface area contributed by atoms with E-state index in [4.69, 9.17) is 0 Å². The number of pyridine rings is 1. The zero-order valence-corrected chi connectivity index (χ0v) is 10.6. The SMILES string of the molecule is CCC1(CC)C(=O)NC(=O)N1Cc1ccccn1. The number of hydrogen-bond donors (Lipinski definition) is 1. The van der Waals surface area contributed by atoms with Crippen molar-refractivity contribution in [2.24, 2.45) is 0 Å². The van der Waals surface area contributed by atoms with E-state index in [2.05, 4.69) is 10.3 Å². The van der Waals surface area contributed by atoms with Crippen LogP contribution in [0, 0.1) is 0 Å². The zero-order chi connectivity index (χ0) is 13.2. The number of urea groups is 1. The van der Waals surface area contributed by atoms with Gasteiger partial charge in [0, 0.05) is 6.20 Å². The molecule has 5 nitrogen and oxygen atoms in total. The number of rotatable bonds is 4. The molecule has 18 heavy (non-hydrogen) atoms. The molecule has 0 aliphatic carbocycles. The molecule has 0 spiro atoms. The van der Waals surface area contributed by atoms with E-state index in [1.165, 1.54) is 0 Å². The summed E-state index contributed by atoms with van der Waals surface area (Å²) < 4.78 is 0. The standard InChI is InChI=1S/C13H17N3O2/c1-3-13(4-2)11(17)15-12(18)16(13)9-10-7-5-6-8-14-10/h5-8H,3-4,9H2,1-2H3,(H,15,17,18). The first-order chi connectivity index (χ1) is 8.64. The van der Waals surface area contributed by atoms with E-state index < -0.39 is 5.54 Å². The average Bonchev–Trinajstić information content (AvgIpc) is 2.63. The summed E-state index contributed by atoms with van der Waals surface area (Å²) in [5, 5.41) is 2.40. The molecule has 0 aromatic carbocycles. The molecule has 2 rings (SSSR count). The Hall–Kier alpha value is -1.91. The minimum Gasteiger partial charge on any atom is -0.304 e. The summed E-state index contributed by atoms with van der Waals surface area (Å²) in [7, 11) is 0. The van der Waals surface area contributed by atoms with Gasteiger partial charge < -0.3 is 4.90 Å². The summed E-state index contributed by atoms with van der Waals surface area (Å²) in [6.07, 6.45) is 2.90. The van der Waals surface area contributed by atoms with Crippen LogP contribution in [-0.4, -0.2) is 27.4 Å². The van der Waals surface area contributed by atoms with Crippen molar-refractivity contribution in [1.82, 2.24) is 15.2 Å². The summed E-state index contributed by atoms with van der Waals surface area (Å²) in [5.41, 5.74) is 0.0582. The molecule has 1 aliphatic rings. The van der Waals surface area contributed by atoms with Crippen molar-refractivity contribution in [3.05, 3.63) is 30.1 Å². The number of amides is 3. The average molecular weight is 247 g/mol. The van der Waals surface area contributed by atoms with Gasteiger partial charge in [-0.15, -0.1) is 0 Å². The van der Waals surface area contributed by atoms with Gasteiger partial charge in [0.1, 0.15) is 5.54 Å². The molecule has 1 aromatic rings. The summed E-state index contributed by atoms with van der Waals surface area (Å²) in [6, 6.07) is 5.23. The Kier molecular flexibility index (Phi) is 3.32. The molecule has 0 atom stereocenters. The first-order valence-electron chi connectivity index (χ1n) is 6.17. The molecule has 1 aliphatic heterocycles. The second kappa shape index (κ2) is 4.76. The van der Waals surface area contributed by atoms with Gasteiger partial charge in [-0.3, -0.25) is 15.1 Å². The molecule has 2 heterocycles. The maximum Gasteiger partial charge on any atom is 0.325 e. The van der Waals surface area contributed by atoms with E-state index in [0.29, 0.717) is 19.4 Å². The van der Waals surface area contributed by atoms with Crippen LogP contribution in [0.5, 0.6) is 0 Å². The van der Waals surface area contributed by atoms with Gasteiger partial charge in [-0.25, -0.2) is 4.79 Å². The number of carbonyl (C=O) groups excluding carboxylic acids is 2. The van der Waals surface area contributed by atoms with E-state index in [-0.39, 0.29) is 11.9 Å². The first kappa shape index (κ1) is 12.5. The van der Waals surface area contributed by atoms with Crippen LogP contribution in [0.1, 0.15) is 32.4 Å². The van der Waals surface area contributed by atoms with Crippen LogP contribution in [0.2, 0.25) is 0 Å². The molecule has 0 saturated carbocycles. The third-order valence-electron chi connectivity index (χ3n) is 3.62. The molecule has 1 saturated heterocycles. The predicted octanol–water partition coefficient (Wildman–Crippen LogP) is 1.69. The third-order valence-corrected chi connectivity index (χ3v) is 3.62. The van der Waals surface area contributed by atoms with Crippen molar-refractivity contribution in [2.75, 3.05) is 0 Å². The van der Waals surface area contributed by atoms with Gasteiger partial charge in [0.2, 0.25) is 0 Å². The lowest BCUT2D eigenvalue weighted by molar-refractivity contribution is -0.127.